The van der Waals surface area contributed by atoms with Crippen LogP contribution in [-0.2, 0) is 110 Å². The van der Waals surface area contributed by atoms with Crippen LogP contribution >= 0.6 is 21.6 Å². The second kappa shape index (κ2) is 54.1. The summed E-state index contributed by atoms with van der Waals surface area (Å²) in [6.07, 6.45) is -0.746. The maximum absolute atomic E-state index is 15.1. The van der Waals surface area contributed by atoms with Gasteiger partial charge in [0.25, 0.3) is 0 Å². The molecular weight excluding hydrogens is 1450 g/mol. The number of aliphatic hydroxyl groups is 2. The van der Waals surface area contributed by atoms with E-state index in [0.29, 0.717) is 133 Å². The van der Waals surface area contributed by atoms with E-state index in [1.54, 1.807) is 60.8 Å². The minimum Gasteiger partial charge on any atom is -0.508 e. The highest BCUT2D eigenvalue weighted by Gasteiger charge is 2.38. The number of nitrogens with one attached hydrogen (secondary N) is 9. The number of hydrogen-bond donors (Lipinski definition) is 14. The number of carbonyl (C=O) groups excluding carboxylic acids is 8. The Hall–Kier alpha value is -7.59. The standard InChI is InChI=1S/C73H110N10O23S2/c1-4-23-97-25-27-99-29-31-101-33-35-103-37-39-105-41-42-106-40-38-104-36-34-102-32-30-100-28-26-98-24-21-63(87)76-58(43-51-12-6-5-7-13-51)67(89)80-61-47-107-108-48-62(71(93)83-65(50(3)85)73(95)96)81-72(94)64(49(2)84)82-66(88)57(16-10-11-22-74)77-69(91)60(45-53-46-75-56-15-9-8-14-55(53)56)79-68(90)59(78-70(61)92)44-52-17-19-54(86)20-18-52/h5-9,12-15,17-20,46,49-50,57-62,64-65,75,84-86H,4,10-11,16,21-45,47-48,74H2,1-3H3,(H,76,87)(H,77,91)(H,78,92)(H,79,90)(H,80,89)(H,81,94)(H,82,88)(H,83,93)(H,95,96)/t49-,50-,57+,58-,59+,60-,61?,62+,64+,65+/m1/s1. The summed E-state index contributed by atoms with van der Waals surface area (Å²) in [6.45, 7) is 12.4. The van der Waals surface area contributed by atoms with E-state index >= 15 is 9.59 Å². The Bertz CT molecular complexity index is 3270. The number of fused-ring (bicyclic) bond motifs is 1. The lowest BCUT2D eigenvalue weighted by Gasteiger charge is -2.29. The molecule has 2 heterocycles. The Morgan fingerprint density at radius 2 is 1.04 bits per heavy atom. The van der Waals surface area contributed by atoms with Gasteiger partial charge >= 0.3 is 5.97 Å². The number of benzene rings is 3. The van der Waals surface area contributed by atoms with E-state index < -0.39 is 120 Å². The largest absolute Gasteiger partial charge is 0.508 e. The molecule has 1 unspecified atom stereocenters. The van der Waals surface area contributed by atoms with E-state index in [1.807, 2.05) is 0 Å². The summed E-state index contributed by atoms with van der Waals surface area (Å²) in [5.41, 5.74) is 8.16. The Morgan fingerprint density at radius 3 is 1.56 bits per heavy atom. The van der Waals surface area contributed by atoms with Crippen LogP contribution in [0.2, 0.25) is 0 Å². The van der Waals surface area contributed by atoms with Crippen molar-refractivity contribution in [2.45, 2.75) is 133 Å². The molecule has 1 aliphatic rings. The van der Waals surface area contributed by atoms with E-state index in [-0.39, 0.29) is 83.0 Å². The highest BCUT2D eigenvalue weighted by molar-refractivity contribution is 8.76. The molecule has 35 heteroatoms. The van der Waals surface area contributed by atoms with Crippen LogP contribution in [0.4, 0.5) is 0 Å². The smallest absolute Gasteiger partial charge is 0.328 e. The summed E-state index contributed by atoms with van der Waals surface area (Å²) < 4.78 is 55.3. The summed E-state index contributed by atoms with van der Waals surface area (Å²) in [7, 11) is 1.76. The predicted molar refractivity (Wildman–Crippen MR) is 401 cm³/mol. The summed E-state index contributed by atoms with van der Waals surface area (Å²) in [6, 6.07) is 8.93. The summed E-state index contributed by atoms with van der Waals surface area (Å²) in [5.74, 6) is -9.83. The number of carboxylic acids is 1. The molecule has 3 aromatic carbocycles. The Morgan fingerprint density at radius 1 is 0.546 bits per heavy atom. The van der Waals surface area contributed by atoms with Crippen molar-refractivity contribution in [2.75, 3.05) is 150 Å². The number of hydrogen-bond acceptors (Lipinski definition) is 25. The zero-order valence-corrected chi connectivity index (χ0v) is 63.3. The number of aliphatic carboxylic acids is 1. The number of phenolic OH excluding ortho intramolecular Hbond substituents is 1. The third-order valence-corrected chi connectivity index (χ3v) is 18.8. The second-order valence-electron chi connectivity index (χ2n) is 25.1. The minimum atomic E-state index is -1.87. The van der Waals surface area contributed by atoms with E-state index in [0.717, 1.165) is 41.5 Å². The number of amides is 8. The van der Waals surface area contributed by atoms with Crippen molar-refractivity contribution in [3.8, 4) is 5.75 Å². The number of aromatic amines is 1. The number of ether oxygens (including phenoxy) is 10. The average Bonchev–Trinajstić information content (AvgIpc) is 1.64. The summed E-state index contributed by atoms with van der Waals surface area (Å²) in [5, 5.41) is 63.2. The molecule has 1 aliphatic heterocycles. The lowest BCUT2D eigenvalue weighted by Crippen LogP contribution is -2.62. The molecule has 5 rings (SSSR count). The van der Waals surface area contributed by atoms with E-state index in [2.05, 4.69) is 54.4 Å². The summed E-state index contributed by atoms with van der Waals surface area (Å²) in [4.78, 5) is 132. The average molecular weight is 1560 g/mol. The molecule has 4 aromatic rings. The van der Waals surface area contributed by atoms with Gasteiger partial charge in [0.2, 0.25) is 47.3 Å². The van der Waals surface area contributed by atoms with Gasteiger partial charge in [-0.25, -0.2) is 4.79 Å². The van der Waals surface area contributed by atoms with Gasteiger partial charge in [0.1, 0.15) is 48.0 Å². The number of para-hydroxylation sites is 1. The van der Waals surface area contributed by atoms with Crippen LogP contribution in [0, 0.1) is 0 Å². The first-order valence-electron chi connectivity index (χ1n) is 36.4. The second-order valence-corrected chi connectivity index (χ2v) is 27.6. The van der Waals surface area contributed by atoms with Crippen LogP contribution in [0.5, 0.6) is 5.75 Å². The molecule has 0 saturated carbocycles. The first-order chi connectivity index (χ1) is 52.3. The zero-order chi connectivity index (χ0) is 78.1. The van der Waals surface area contributed by atoms with Crippen LogP contribution in [0.15, 0.2) is 85.1 Å². The molecule has 10 atom stereocenters. The lowest BCUT2D eigenvalue weighted by molar-refractivity contribution is -0.145. The number of aromatic hydroxyl groups is 1. The Labute approximate surface area is 637 Å². The van der Waals surface area contributed by atoms with E-state index in [1.165, 1.54) is 31.2 Å². The molecule has 602 valence electrons. The molecule has 0 aliphatic carbocycles. The first-order valence-corrected chi connectivity index (χ1v) is 38.9. The molecule has 1 fully saturated rings. The third-order valence-electron chi connectivity index (χ3n) is 16.4. The molecule has 15 N–H and O–H groups in total. The number of phenols is 1. The highest BCUT2D eigenvalue weighted by Crippen LogP contribution is 2.25. The fourth-order valence-electron chi connectivity index (χ4n) is 10.5. The van der Waals surface area contributed by atoms with Crippen molar-refractivity contribution < 1.29 is 111 Å². The fraction of sp³-hybridized carbons (Fsp3) is 0.603. The van der Waals surface area contributed by atoms with Crippen molar-refractivity contribution in [3.63, 3.8) is 0 Å². The highest BCUT2D eigenvalue weighted by atomic mass is 33.1. The van der Waals surface area contributed by atoms with Crippen LogP contribution in [0.1, 0.15) is 69.6 Å². The van der Waals surface area contributed by atoms with Crippen LogP contribution in [-0.4, -0.2) is 289 Å². The number of aliphatic hydroxyl groups excluding tert-OH is 2. The van der Waals surface area contributed by atoms with Gasteiger partial charge < -0.3 is 121 Å². The molecule has 0 radical (unpaired) electrons. The number of aromatic nitrogens is 1. The van der Waals surface area contributed by atoms with Crippen molar-refractivity contribution >= 4 is 85.7 Å². The van der Waals surface area contributed by atoms with Gasteiger partial charge in [0.15, 0.2) is 6.04 Å². The van der Waals surface area contributed by atoms with Gasteiger partial charge in [-0.1, -0.05) is 89.2 Å². The minimum absolute atomic E-state index is 0.0579. The monoisotopic (exact) mass is 1560 g/mol. The van der Waals surface area contributed by atoms with Crippen molar-refractivity contribution in [1.29, 1.82) is 0 Å². The van der Waals surface area contributed by atoms with Gasteiger partial charge in [0.05, 0.1) is 138 Å². The molecule has 1 saturated heterocycles. The maximum atomic E-state index is 15.1. The van der Waals surface area contributed by atoms with E-state index in [9.17, 15) is 54.0 Å². The molecule has 108 heavy (non-hydrogen) atoms. The van der Waals surface area contributed by atoms with E-state index in [4.69, 9.17) is 53.1 Å². The fourth-order valence-corrected chi connectivity index (χ4v) is 12.9. The molecular formula is C73H110N10O23S2. The number of carbonyl (C=O) groups is 9. The van der Waals surface area contributed by atoms with Gasteiger partial charge in [-0.15, -0.1) is 0 Å². The zero-order valence-electron chi connectivity index (χ0n) is 61.7. The number of unbranched alkanes of at least 4 members (excludes halogenated alkanes) is 1. The topological polar surface area (TPSA) is 465 Å². The molecule has 8 amide bonds. The van der Waals surface area contributed by atoms with Crippen LogP contribution in [0.3, 0.4) is 0 Å². The molecule has 33 nitrogen and oxygen atoms in total. The molecule has 0 bridgehead atoms. The predicted octanol–water partition coefficient (Wildman–Crippen LogP) is 0.116. The lowest BCUT2D eigenvalue weighted by atomic mass is 10.0. The Kier molecular flexibility index (Phi) is 45.6. The quantitative estimate of drug-likeness (QED) is 0.0206. The molecule has 0 spiro atoms. The van der Waals surface area contributed by atoms with Gasteiger partial charge in [0, 0.05) is 60.9 Å². The normalized spacial score (nSPS) is 19.0. The van der Waals surface area contributed by atoms with Gasteiger partial charge in [-0.05, 0) is 81.0 Å². The van der Waals surface area contributed by atoms with Crippen molar-refractivity contribution in [1.82, 2.24) is 47.5 Å². The number of rotatable bonds is 50. The van der Waals surface area contributed by atoms with Gasteiger partial charge in [-0.3, -0.25) is 38.4 Å². The third kappa shape index (κ3) is 36.7. The number of carboxylic acid groups (broad SMARTS) is 1. The SMILES string of the molecule is CCCOCCOCCOCCOCCOCCOCCOCCOCCOCCOCCC(=O)N[C@H](Cc1ccccc1)C(=O)NC1CSSC[C@@H](C(=O)N[C@H](C(=O)O)[C@@H](C)O)NC(=O)[C@H]([C@@H](C)O)NC(=O)[C@H](CCCCN)NC(=O)[C@@H](Cc2c[nH]c3ccccc23)NC(=O)[C@H](Cc2ccc(O)cc2)NC1=O. The maximum Gasteiger partial charge on any atom is 0.328 e. The van der Waals surface area contributed by atoms with Crippen LogP contribution in [0.25, 0.3) is 10.9 Å². The molecule has 1 aromatic heterocycles. The summed E-state index contributed by atoms with van der Waals surface area (Å²) >= 11 is 0. The first kappa shape index (κ1) is 91.0. The number of H-pyrrole nitrogens is 1. The van der Waals surface area contributed by atoms with Crippen molar-refractivity contribution in [2.24, 2.45) is 5.73 Å². The van der Waals surface area contributed by atoms with Crippen molar-refractivity contribution in [3.05, 3.63) is 102 Å². The number of nitrogens with two attached hydrogens (primary N) is 1. The van der Waals surface area contributed by atoms with Gasteiger partial charge in [-0.2, -0.15) is 0 Å². The van der Waals surface area contributed by atoms with Crippen LogP contribution < -0.4 is 48.3 Å². The Balaban J connectivity index is 1.23.